The summed E-state index contributed by atoms with van der Waals surface area (Å²) in [5, 5.41) is 30.6. The van der Waals surface area contributed by atoms with Crippen molar-refractivity contribution in [1.82, 2.24) is 9.97 Å². The van der Waals surface area contributed by atoms with Crippen molar-refractivity contribution in [1.29, 1.82) is 0 Å². The maximum absolute atomic E-state index is 12.3. The molecule has 0 aliphatic carbocycles. The number of aliphatic carboxylic acids is 2. The number of aromatic amines is 2. The molecule has 0 saturated heterocycles. The van der Waals surface area contributed by atoms with Crippen LogP contribution in [0.4, 0.5) is 0 Å². The highest BCUT2D eigenvalue weighted by Crippen LogP contribution is 2.37. The van der Waals surface area contributed by atoms with E-state index in [9.17, 15) is 29.7 Å². The second-order valence-electron chi connectivity index (χ2n) is 11.3. The first-order chi connectivity index (χ1) is 20.4. The smallest absolute Gasteiger partial charge is 0.303 e. The van der Waals surface area contributed by atoms with Gasteiger partial charge in [-0.2, -0.15) is 0 Å². The molecule has 2 aliphatic heterocycles. The average Bonchev–Trinajstić information content (AvgIpc) is 3.59. The quantitative estimate of drug-likeness (QED) is 0.281. The van der Waals surface area contributed by atoms with Crippen molar-refractivity contribution in [2.45, 2.75) is 73.6 Å². The van der Waals surface area contributed by atoms with Crippen LogP contribution in [0.2, 0.25) is 0 Å². The predicted molar refractivity (Wildman–Crippen MR) is 167 cm³/mol. The third-order valence-corrected chi connectivity index (χ3v) is 8.71. The van der Waals surface area contributed by atoms with E-state index in [1.165, 1.54) is 0 Å². The van der Waals surface area contributed by atoms with E-state index in [4.69, 9.17) is 4.99 Å². The van der Waals surface area contributed by atoms with Crippen LogP contribution >= 0.6 is 0 Å². The summed E-state index contributed by atoms with van der Waals surface area (Å²) in [7, 11) is 0. The summed E-state index contributed by atoms with van der Waals surface area (Å²) < 4.78 is 0. The number of nitrogens with zero attached hydrogens (tertiary/aromatic N) is 2. The van der Waals surface area contributed by atoms with Crippen LogP contribution in [-0.4, -0.2) is 54.6 Å². The molecule has 228 valence electrons. The van der Waals surface area contributed by atoms with E-state index in [1.54, 1.807) is 0 Å². The molecule has 2 aromatic rings. The van der Waals surface area contributed by atoms with Gasteiger partial charge in [0.1, 0.15) is 0 Å². The number of H-pyrrole nitrogens is 2. The zero-order chi connectivity index (χ0) is 31.6. The molecule has 10 nitrogen and oxygen atoms in total. The Kier molecular flexibility index (Phi) is 9.37. The van der Waals surface area contributed by atoms with E-state index in [2.05, 4.69) is 15.0 Å². The normalized spacial score (nSPS) is 23.1. The van der Waals surface area contributed by atoms with Gasteiger partial charge in [-0.15, -0.1) is 0 Å². The Morgan fingerprint density at radius 3 is 2.23 bits per heavy atom. The first-order valence-corrected chi connectivity index (χ1v) is 14.7. The molecule has 4 heterocycles. The molecule has 0 fully saturated rings. The van der Waals surface area contributed by atoms with Gasteiger partial charge in [-0.05, 0) is 87.4 Å². The maximum Gasteiger partial charge on any atom is 0.303 e. The summed E-state index contributed by atoms with van der Waals surface area (Å²) >= 11 is 0. The molecule has 3 unspecified atom stereocenters. The van der Waals surface area contributed by atoms with Gasteiger partial charge < -0.3 is 25.3 Å². The van der Waals surface area contributed by atoms with Crippen molar-refractivity contribution in [2.24, 2.45) is 27.7 Å². The monoisotopic (exact) mass is 588 g/mol. The molecule has 2 aliphatic rings. The van der Waals surface area contributed by atoms with E-state index in [1.807, 2.05) is 65.8 Å². The fraction of sp³-hybridized carbons (Fsp3) is 0.424. The molecular formula is C33H40N4O6. The number of nitrogens with one attached hydrogen (secondary N) is 2. The van der Waals surface area contributed by atoms with E-state index in [0.29, 0.717) is 29.6 Å². The Bertz CT molecular complexity index is 1720. The summed E-state index contributed by atoms with van der Waals surface area (Å²) in [5.41, 5.74) is 7.09. The third-order valence-electron chi connectivity index (χ3n) is 8.71. The molecule has 1 amide bonds. The molecule has 2 aromatic heterocycles. The minimum absolute atomic E-state index is 0.0235. The maximum atomic E-state index is 12.3. The summed E-state index contributed by atoms with van der Waals surface area (Å²) in [6, 6.07) is 0. The fourth-order valence-electron chi connectivity index (χ4n) is 6.07. The van der Waals surface area contributed by atoms with Crippen LogP contribution in [0.25, 0.3) is 18.2 Å². The minimum Gasteiger partial charge on any atom is -0.494 e. The van der Waals surface area contributed by atoms with Crippen LogP contribution in [0, 0.1) is 31.6 Å². The molecule has 0 aromatic carbocycles. The van der Waals surface area contributed by atoms with Crippen LogP contribution in [0.5, 0.6) is 5.88 Å². The molecule has 5 N–H and O–H groups in total. The van der Waals surface area contributed by atoms with E-state index < -0.39 is 11.9 Å². The number of hydrogen-bond acceptors (Lipinski definition) is 5. The van der Waals surface area contributed by atoms with E-state index >= 15 is 0 Å². The van der Waals surface area contributed by atoms with E-state index in [-0.39, 0.29) is 48.8 Å². The zero-order valence-corrected chi connectivity index (χ0v) is 25.5. The first kappa shape index (κ1) is 31.5. The second-order valence-corrected chi connectivity index (χ2v) is 11.3. The minimum atomic E-state index is -0.916. The number of carbonyl (C=O) groups excluding carboxylic acids is 1. The summed E-state index contributed by atoms with van der Waals surface area (Å²) in [6.45, 7) is 11.5. The first-order valence-electron chi connectivity index (χ1n) is 14.7. The standard InChI is InChI=1S/C33H40N4O6/c1-7-20-19(6)32(42)37-27(20)14-25-18(5)23(10-12-31(40)41)29(35-25)15-28-22(9-11-30(38)39)17(4)24(34-28)13-26-16(3)21(8-2)33(43)36-26/h7,13-15,17,19,22,35-36,43H,8-12H2,1-6H3,(H,38,39)(H,40,41). The number of rotatable bonds is 10. The largest absolute Gasteiger partial charge is 0.494 e. The van der Waals surface area contributed by atoms with Crippen molar-refractivity contribution in [3.63, 3.8) is 0 Å². The molecule has 10 heteroatoms. The number of hydrogen-bond donors (Lipinski definition) is 5. The fourth-order valence-corrected chi connectivity index (χ4v) is 6.07. The number of allylic oxidation sites excluding steroid dienone is 2. The number of carboxylic acids is 2. The van der Waals surface area contributed by atoms with Crippen LogP contribution in [0.15, 0.2) is 27.3 Å². The number of aliphatic imine (C=N–C) groups is 2. The Balaban J connectivity index is 1.87. The summed E-state index contributed by atoms with van der Waals surface area (Å²) in [6.07, 6.45) is 8.75. The molecule has 0 radical (unpaired) electrons. The average molecular weight is 589 g/mol. The molecule has 4 rings (SSSR count). The number of aromatic nitrogens is 2. The van der Waals surface area contributed by atoms with Crippen molar-refractivity contribution >= 4 is 47.5 Å². The van der Waals surface area contributed by atoms with Gasteiger partial charge in [-0.25, -0.2) is 4.99 Å². The van der Waals surface area contributed by atoms with E-state index in [0.717, 1.165) is 44.6 Å². The van der Waals surface area contributed by atoms with Crippen molar-refractivity contribution in [3.05, 3.63) is 56.0 Å². The van der Waals surface area contributed by atoms with Crippen LogP contribution in [0.3, 0.4) is 0 Å². The van der Waals surface area contributed by atoms with Gasteiger partial charge in [-0.3, -0.25) is 19.4 Å². The topological polar surface area (TPSA) is 168 Å². The summed E-state index contributed by atoms with van der Waals surface area (Å²) in [5.74, 6) is -2.48. The highest BCUT2D eigenvalue weighted by Gasteiger charge is 2.32. The van der Waals surface area contributed by atoms with Gasteiger partial charge >= 0.3 is 11.9 Å². The highest BCUT2D eigenvalue weighted by molar-refractivity contribution is 6.29. The lowest BCUT2D eigenvalue weighted by Gasteiger charge is -2.15. The Morgan fingerprint density at radius 1 is 0.930 bits per heavy atom. The Hall–Kier alpha value is -4.47. The lowest BCUT2D eigenvalue weighted by molar-refractivity contribution is -0.138. The van der Waals surface area contributed by atoms with Crippen molar-refractivity contribution in [3.8, 4) is 5.88 Å². The molecule has 0 bridgehead atoms. The van der Waals surface area contributed by atoms with Gasteiger partial charge in [0.15, 0.2) is 5.88 Å². The molecule has 3 atom stereocenters. The third kappa shape index (κ3) is 6.48. The lowest BCUT2D eigenvalue weighted by atomic mass is 9.86. The van der Waals surface area contributed by atoms with Crippen LogP contribution < -0.4 is 10.7 Å². The van der Waals surface area contributed by atoms with Crippen LogP contribution in [-0.2, 0) is 27.2 Å². The van der Waals surface area contributed by atoms with Gasteiger partial charge in [0.05, 0.1) is 11.6 Å². The molecule has 43 heavy (non-hydrogen) atoms. The number of carbonyl (C=O) groups is 3. The number of carboxylic acid groups (broad SMARTS) is 2. The molecule has 0 saturated carbocycles. The van der Waals surface area contributed by atoms with Crippen molar-refractivity contribution in [2.75, 3.05) is 0 Å². The Labute approximate surface area is 250 Å². The molecular weight excluding hydrogens is 548 g/mol. The Morgan fingerprint density at radius 2 is 1.63 bits per heavy atom. The summed E-state index contributed by atoms with van der Waals surface area (Å²) in [4.78, 5) is 51.0. The SMILES string of the molecule is CC=C1C(C=c2[nH]c(=CC3=NC(=Cc4[nH]c(O)c(CC)c4C)C(C)C3CCC(=O)O)c(CCC(=O)O)c2C)=NC(=O)C1C. The van der Waals surface area contributed by atoms with Crippen molar-refractivity contribution < 1.29 is 29.7 Å². The van der Waals surface area contributed by atoms with Gasteiger partial charge in [0.2, 0.25) is 0 Å². The second kappa shape index (κ2) is 12.8. The van der Waals surface area contributed by atoms with Gasteiger partial charge in [0, 0.05) is 58.0 Å². The molecule has 0 spiro atoms. The van der Waals surface area contributed by atoms with Gasteiger partial charge in [-0.1, -0.05) is 19.9 Å². The van der Waals surface area contributed by atoms with Gasteiger partial charge in [0.25, 0.3) is 5.91 Å². The number of amides is 1. The number of aromatic hydroxyl groups is 1. The van der Waals surface area contributed by atoms with Crippen LogP contribution in [0.1, 0.15) is 74.9 Å². The lowest BCUT2D eigenvalue weighted by Crippen LogP contribution is -2.21. The predicted octanol–water partition coefficient (Wildman–Crippen LogP) is 3.98. The zero-order valence-electron chi connectivity index (χ0n) is 25.5. The highest BCUT2D eigenvalue weighted by atomic mass is 16.4.